The molecule has 0 aromatic carbocycles. The van der Waals surface area contributed by atoms with Gasteiger partial charge in [-0.05, 0) is 19.3 Å². The minimum atomic E-state index is -0.456. The topological polar surface area (TPSA) is 60.2 Å². The van der Waals surface area contributed by atoms with E-state index in [1.807, 2.05) is 4.68 Å². The average Bonchev–Trinajstić information content (AvgIpc) is 2.90. The summed E-state index contributed by atoms with van der Waals surface area (Å²) < 4.78 is 7.32. The number of rotatable bonds is 5. The largest absolute Gasteiger partial charge is 0.390 e. The van der Waals surface area contributed by atoms with Crippen molar-refractivity contribution >= 4 is 0 Å². The minimum absolute atomic E-state index is 0.0215. The van der Waals surface area contributed by atoms with Crippen molar-refractivity contribution in [2.75, 3.05) is 6.61 Å². The molecule has 0 spiro atoms. The summed E-state index contributed by atoms with van der Waals surface area (Å²) in [6.45, 7) is 3.72. The summed E-state index contributed by atoms with van der Waals surface area (Å²) in [6, 6.07) is 0. The third-order valence-electron chi connectivity index (χ3n) is 2.92. The zero-order valence-electron chi connectivity index (χ0n) is 9.67. The summed E-state index contributed by atoms with van der Waals surface area (Å²) in [5.74, 6) is 0.852. The molecule has 0 radical (unpaired) electrons. The van der Waals surface area contributed by atoms with Gasteiger partial charge in [-0.15, -0.1) is 0 Å². The molecule has 90 valence electrons. The maximum absolute atomic E-state index is 10.0. The van der Waals surface area contributed by atoms with Crippen LogP contribution in [0.5, 0.6) is 0 Å². The fourth-order valence-electron chi connectivity index (χ4n) is 2.07. The predicted octanol–water partition coefficient (Wildman–Crippen LogP) is 0.770. The highest BCUT2D eigenvalue weighted by molar-refractivity contribution is 4.90. The first-order valence-corrected chi connectivity index (χ1v) is 5.97. The summed E-state index contributed by atoms with van der Waals surface area (Å²) in [6.07, 6.45) is 4.62. The Bertz CT molecular complexity index is 321. The van der Waals surface area contributed by atoms with Crippen molar-refractivity contribution in [3.63, 3.8) is 0 Å². The second kappa shape index (κ2) is 5.41. The zero-order valence-corrected chi connectivity index (χ0v) is 9.67. The molecule has 0 amide bonds. The fraction of sp³-hybridized carbons (Fsp3) is 0.818. The van der Waals surface area contributed by atoms with Gasteiger partial charge in [0.2, 0.25) is 0 Å². The SMILES string of the molecule is CCCn1ncnc1CC(O)C1CCCO1. The van der Waals surface area contributed by atoms with Gasteiger partial charge in [-0.25, -0.2) is 4.98 Å². The van der Waals surface area contributed by atoms with E-state index in [2.05, 4.69) is 17.0 Å². The van der Waals surface area contributed by atoms with Crippen LogP contribution in [0.4, 0.5) is 0 Å². The number of ether oxygens (including phenoxy) is 1. The molecule has 1 N–H and O–H groups in total. The number of aryl methyl sites for hydroxylation is 1. The van der Waals surface area contributed by atoms with Crippen molar-refractivity contribution in [1.82, 2.24) is 14.8 Å². The van der Waals surface area contributed by atoms with Gasteiger partial charge < -0.3 is 9.84 Å². The van der Waals surface area contributed by atoms with Crippen LogP contribution in [-0.4, -0.2) is 38.7 Å². The van der Waals surface area contributed by atoms with E-state index in [0.29, 0.717) is 6.42 Å². The van der Waals surface area contributed by atoms with E-state index in [1.165, 1.54) is 0 Å². The minimum Gasteiger partial charge on any atom is -0.390 e. The zero-order chi connectivity index (χ0) is 11.4. The third kappa shape index (κ3) is 2.59. The van der Waals surface area contributed by atoms with Crippen molar-refractivity contribution in [2.45, 2.75) is 51.4 Å². The number of aliphatic hydroxyl groups excluding tert-OH is 1. The van der Waals surface area contributed by atoms with Gasteiger partial charge in [0.25, 0.3) is 0 Å². The van der Waals surface area contributed by atoms with Gasteiger partial charge in [0.05, 0.1) is 12.2 Å². The highest BCUT2D eigenvalue weighted by atomic mass is 16.5. The van der Waals surface area contributed by atoms with Crippen LogP contribution < -0.4 is 0 Å². The number of aromatic nitrogens is 3. The summed E-state index contributed by atoms with van der Waals surface area (Å²) in [7, 11) is 0. The normalized spacial score (nSPS) is 22.5. The standard InChI is InChI=1S/C11H19N3O2/c1-2-5-14-11(12-8-13-14)7-9(15)10-4-3-6-16-10/h8-10,15H,2-7H2,1H3. The van der Waals surface area contributed by atoms with Crippen LogP contribution in [0.15, 0.2) is 6.33 Å². The Kier molecular flexibility index (Phi) is 3.90. The molecule has 1 aromatic rings. The quantitative estimate of drug-likeness (QED) is 0.804. The van der Waals surface area contributed by atoms with Crippen LogP contribution in [-0.2, 0) is 17.7 Å². The molecule has 0 saturated carbocycles. The van der Waals surface area contributed by atoms with Crippen LogP contribution in [0, 0.1) is 0 Å². The lowest BCUT2D eigenvalue weighted by molar-refractivity contribution is -0.00217. The van der Waals surface area contributed by atoms with Crippen LogP contribution >= 0.6 is 0 Å². The van der Waals surface area contributed by atoms with E-state index in [-0.39, 0.29) is 6.10 Å². The lowest BCUT2D eigenvalue weighted by Crippen LogP contribution is -2.28. The molecule has 1 aromatic heterocycles. The lowest BCUT2D eigenvalue weighted by atomic mass is 10.1. The van der Waals surface area contributed by atoms with Crippen LogP contribution in [0.3, 0.4) is 0 Å². The molecule has 1 saturated heterocycles. The van der Waals surface area contributed by atoms with Crippen molar-refractivity contribution in [1.29, 1.82) is 0 Å². The number of hydrogen-bond donors (Lipinski definition) is 1. The van der Waals surface area contributed by atoms with Gasteiger partial charge in [-0.1, -0.05) is 6.92 Å². The molecule has 2 atom stereocenters. The average molecular weight is 225 g/mol. The van der Waals surface area contributed by atoms with E-state index in [4.69, 9.17) is 4.74 Å². The Morgan fingerprint density at radius 3 is 3.25 bits per heavy atom. The molecular weight excluding hydrogens is 206 g/mol. The monoisotopic (exact) mass is 225 g/mol. The highest BCUT2D eigenvalue weighted by Crippen LogP contribution is 2.17. The van der Waals surface area contributed by atoms with Crippen molar-refractivity contribution in [2.24, 2.45) is 0 Å². The van der Waals surface area contributed by atoms with E-state index in [0.717, 1.165) is 38.2 Å². The molecule has 5 heteroatoms. The number of hydrogen-bond acceptors (Lipinski definition) is 4. The Morgan fingerprint density at radius 2 is 2.56 bits per heavy atom. The van der Waals surface area contributed by atoms with Crippen molar-refractivity contribution in [3.8, 4) is 0 Å². The second-order valence-corrected chi connectivity index (χ2v) is 4.22. The number of aliphatic hydroxyl groups is 1. The second-order valence-electron chi connectivity index (χ2n) is 4.22. The first-order valence-electron chi connectivity index (χ1n) is 5.97. The predicted molar refractivity (Wildman–Crippen MR) is 59.0 cm³/mol. The Morgan fingerprint density at radius 1 is 1.69 bits per heavy atom. The smallest absolute Gasteiger partial charge is 0.138 e. The van der Waals surface area contributed by atoms with Gasteiger partial charge >= 0.3 is 0 Å². The molecule has 1 aliphatic rings. The van der Waals surface area contributed by atoms with E-state index in [9.17, 15) is 5.11 Å². The maximum Gasteiger partial charge on any atom is 0.138 e. The van der Waals surface area contributed by atoms with E-state index in [1.54, 1.807) is 6.33 Å². The van der Waals surface area contributed by atoms with Gasteiger partial charge in [0.1, 0.15) is 12.2 Å². The maximum atomic E-state index is 10.0. The molecule has 2 heterocycles. The van der Waals surface area contributed by atoms with E-state index < -0.39 is 6.10 Å². The highest BCUT2D eigenvalue weighted by Gasteiger charge is 2.25. The Hall–Kier alpha value is -0.940. The summed E-state index contributed by atoms with van der Waals surface area (Å²) in [5.41, 5.74) is 0. The molecule has 0 bridgehead atoms. The van der Waals surface area contributed by atoms with Crippen molar-refractivity contribution < 1.29 is 9.84 Å². The van der Waals surface area contributed by atoms with Crippen molar-refractivity contribution in [3.05, 3.63) is 12.2 Å². The lowest BCUT2D eigenvalue weighted by Gasteiger charge is -2.16. The van der Waals surface area contributed by atoms with Gasteiger partial charge in [-0.2, -0.15) is 5.10 Å². The molecule has 0 aliphatic carbocycles. The molecule has 16 heavy (non-hydrogen) atoms. The summed E-state index contributed by atoms with van der Waals surface area (Å²) in [5, 5.41) is 14.1. The molecular formula is C11H19N3O2. The van der Waals surface area contributed by atoms with Crippen LogP contribution in [0.2, 0.25) is 0 Å². The Balaban J connectivity index is 1.94. The van der Waals surface area contributed by atoms with Crippen LogP contribution in [0.25, 0.3) is 0 Å². The molecule has 1 fully saturated rings. The first kappa shape index (κ1) is 11.5. The molecule has 5 nitrogen and oxygen atoms in total. The van der Waals surface area contributed by atoms with Gasteiger partial charge in [-0.3, -0.25) is 4.68 Å². The molecule has 2 unspecified atom stereocenters. The summed E-state index contributed by atoms with van der Waals surface area (Å²) >= 11 is 0. The molecule has 1 aliphatic heterocycles. The first-order chi connectivity index (χ1) is 7.81. The number of nitrogens with zero attached hydrogens (tertiary/aromatic N) is 3. The third-order valence-corrected chi connectivity index (χ3v) is 2.92. The Labute approximate surface area is 95.4 Å². The fourth-order valence-corrected chi connectivity index (χ4v) is 2.07. The van der Waals surface area contributed by atoms with Gasteiger partial charge in [0, 0.05) is 19.6 Å². The van der Waals surface area contributed by atoms with Crippen LogP contribution in [0.1, 0.15) is 32.0 Å². The molecule has 2 rings (SSSR count). The van der Waals surface area contributed by atoms with Gasteiger partial charge in [0.15, 0.2) is 0 Å². The summed E-state index contributed by atoms with van der Waals surface area (Å²) in [4.78, 5) is 4.18. The van der Waals surface area contributed by atoms with E-state index >= 15 is 0 Å².